The first-order valence-corrected chi connectivity index (χ1v) is 6.65. The number of fused-ring (bicyclic) bond motifs is 7. The van der Waals surface area contributed by atoms with Gasteiger partial charge in [0.15, 0.2) is 0 Å². The van der Waals surface area contributed by atoms with E-state index in [4.69, 9.17) is 0 Å². The van der Waals surface area contributed by atoms with Crippen LogP contribution in [0.1, 0.15) is 0 Å². The summed E-state index contributed by atoms with van der Waals surface area (Å²) in [5.41, 5.74) is 3.71. The third kappa shape index (κ3) is 1.34. The molecule has 5 heteroatoms. The molecule has 4 aromatic heterocycles. The van der Waals surface area contributed by atoms with E-state index in [0.29, 0.717) is 0 Å². The molecule has 0 radical (unpaired) electrons. The van der Waals surface area contributed by atoms with Crippen molar-refractivity contribution in [3.8, 4) is 0 Å². The lowest BCUT2D eigenvalue weighted by atomic mass is 10.1. The van der Waals surface area contributed by atoms with Gasteiger partial charge in [0.05, 0.1) is 22.7 Å². The molecule has 5 rings (SSSR count). The van der Waals surface area contributed by atoms with Gasteiger partial charge in [-0.25, -0.2) is 9.97 Å². The summed E-state index contributed by atoms with van der Waals surface area (Å²) in [7, 11) is 0. The van der Waals surface area contributed by atoms with Gasteiger partial charge in [0.1, 0.15) is 12.0 Å². The molecule has 0 fully saturated rings. The van der Waals surface area contributed by atoms with E-state index >= 15 is 0 Å². The molecule has 4 heterocycles. The molecule has 98 valence electrons. The largest absolute Gasteiger partial charge is 0.282 e. The van der Waals surface area contributed by atoms with Crippen molar-refractivity contribution in [2.24, 2.45) is 0 Å². The van der Waals surface area contributed by atoms with Gasteiger partial charge in [0.25, 0.3) is 0 Å². The summed E-state index contributed by atoms with van der Waals surface area (Å²) in [5.74, 6) is 0. The quantitative estimate of drug-likeness (QED) is 0.321. The maximum absolute atomic E-state index is 4.50. The van der Waals surface area contributed by atoms with Gasteiger partial charge in [-0.1, -0.05) is 0 Å². The lowest BCUT2D eigenvalue weighted by Gasteiger charge is -2.08. The first-order chi connectivity index (χ1) is 10.4. The zero-order chi connectivity index (χ0) is 13.8. The van der Waals surface area contributed by atoms with Gasteiger partial charge in [-0.2, -0.15) is 0 Å². The number of benzene rings is 1. The Labute approximate surface area is 118 Å². The van der Waals surface area contributed by atoms with Crippen LogP contribution >= 0.6 is 0 Å². The first kappa shape index (κ1) is 10.7. The molecular weight excluding hydrogens is 262 g/mol. The van der Waals surface area contributed by atoms with Crippen LogP contribution < -0.4 is 0 Å². The number of pyridine rings is 2. The molecule has 0 aliphatic heterocycles. The summed E-state index contributed by atoms with van der Waals surface area (Å²) in [5, 5.41) is 3.32. The van der Waals surface area contributed by atoms with Crippen LogP contribution in [-0.2, 0) is 0 Å². The molecule has 0 aliphatic rings. The highest BCUT2D eigenvalue weighted by atomic mass is 15.0. The standard InChI is InChI=1S/C16H9N5/c1-2-10-11-6-13-14(19-5-4-18-13)7-12(11)15-8-17-9-21(15)16(10)20-3-1/h1-9H. The van der Waals surface area contributed by atoms with Crippen LogP contribution in [0.2, 0.25) is 0 Å². The van der Waals surface area contributed by atoms with Gasteiger partial charge in [0, 0.05) is 29.4 Å². The highest BCUT2D eigenvalue weighted by Gasteiger charge is 2.10. The van der Waals surface area contributed by atoms with Crippen molar-refractivity contribution in [1.82, 2.24) is 24.3 Å². The van der Waals surface area contributed by atoms with E-state index < -0.39 is 0 Å². The third-order valence-corrected chi connectivity index (χ3v) is 3.83. The number of nitrogens with zero attached hydrogens (tertiary/aromatic N) is 5. The molecule has 0 amide bonds. The van der Waals surface area contributed by atoms with E-state index in [9.17, 15) is 0 Å². The Morgan fingerprint density at radius 2 is 1.62 bits per heavy atom. The van der Waals surface area contributed by atoms with Crippen molar-refractivity contribution >= 4 is 38.4 Å². The number of imidazole rings is 1. The van der Waals surface area contributed by atoms with Gasteiger partial charge >= 0.3 is 0 Å². The van der Waals surface area contributed by atoms with E-state index in [-0.39, 0.29) is 0 Å². The molecule has 1 aromatic carbocycles. The van der Waals surface area contributed by atoms with Crippen LogP contribution in [0.5, 0.6) is 0 Å². The van der Waals surface area contributed by atoms with Crippen LogP contribution in [0.15, 0.2) is 55.4 Å². The Morgan fingerprint density at radius 1 is 0.810 bits per heavy atom. The van der Waals surface area contributed by atoms with Crippen LogP contribution in [0.3, 0.4) is 0 Å². The molecule has 5 aromatic rings. The van der Waals surface area contributed by atoms with E-state index in [0.717, 1.165) is 38.4 Å². The monoisotopic (exact) mass is 271 g/mol. The lowest BCUT2D eigenvalue weighted by molar-refractivity contribution is 1.17. The summed E-state index contributed by atoms with van der Waals surface area (Å²) in [6.07, 6.45) is 8.88. The fraction of sp³-hybridized carbons (Fsp3) is 0. The predicted octanol–water partition coefficient (Wildman–Crippen LogP) is 2.98. The second kappa shape index (κ2) is 3.73. The number of aromatic nitrogens is 5. The van der Waals surface area contributed by atoms with Crippen LogP contribution in [0, 0.1) is 0 Å². The summed E-state index contributed by atoms with van der Waals surface area (Å²) < 4.78 is 2.01. The minimum absolute atomic E-state index is 0.886. The summed E-state index contributed by atoms with van der Waals surface area (Å²) >= 11 is 0. The maximum Gasteiger partial charge on any atom is 0.146 e. The minimum Gasteiger partial charge on any atom is -0.282 e. The fourth-order valence-electron chi connectivity index (χ4n) is 2.91. The molecular formula is C16H9N5. The SMILES string of the molecule is c1cnc2c(c1)c1cc3nccnc3cc1c1cncn12. The van der Waals surface area contributed by atoms with Gasteiger partial charge < -0.3 is 0 Å². The normalized spacial score (nSPS) is 11.8. The molecule has 21 heavy (non-hydrogen) atoms. The highest BCUT2D eigenvalue weighted by Crippen LogP contribution is 2.30. The third-order valence-electron chi connectivity index (χ3n) is 3.83. The second-order valence-corrected chi connectivity index (χ2v) is 4.97. The van der Waals surface area contributed by atoms with Crippen LogP contribution in [0.4, 0.5) is 0 Å². The highest BCUT2D eigenvalue weighted by molar-refractivity contribution is 6.14. The van der Waals surface area contributed by atoms with Crippen molar-refractivity contribution in [3.05, 3.63) is 55.4 Å². The van der Waals surface area contributed by atoms with Crippen molar-refractivity contribution in [3.63, 3.8) is 0 Å². The minimum atomic E-state index is 0.886. The maximum atomic E-state index is 4.50. The first-order valence-electron chi connectivity index (χ1n) is 6.65. The zero-order valence-electron chi connectivity index (χ0n) is 10.9. The number of hydrogen-bond acceptors (Lipinski definition) is 4. The van der Waals surface area contributed by atoms with E-state index in [1.807, 2.05) is 16.7 Å². The molecule has 0 saturated heterocycles. The number of hydrogen-bond donors (Lipinski definition) is 0. The summed E-state index contributed by atoms with van der Waals surface area (Å²) in [6, 6.07) is 8.17. The molecule has 0 atom stereocenters. The molecule has 5 nitrogen and oxygen atoms in total. The molecule has 0 saturated carbocycles. The fourth-order valence-corrected chi connectivity index (χ4v) is 2.91. The van der Waals surface area contributed by atoms with Gasteiger partial charge in [0.2, 0.25) is 0 Å². The second-order valence-electron chi connectivity index (χ2n) is 4.97. The average molecular weight is 271 g/mol. The van der Waals surface area contributed by atoms with Crippen molar-refractivity contribution < 1.29 is 0 Å². The van der Waals surface area contributed by atoms with Crippen molar-refractivity contribution in [2.75, 3.05) is 0 Å². The van der Waals surface area contributed by atoms with Gasteiger partial charge in [-0.3, -0.25) is 14.4 Å². The smallest absolute Gasteiger partial charge is 0.146 e. The topological polar surface area (TPSA) is 56.0 Å². The Balaban J connectivity index is 2.18. The Morgan fingerprint density at radius 3 is 2.48 bits per heavy atom. The molecule has 0 unspecified atom stereocenters. The van der Waals surface area contributed by atoms with E-state index in [2.05, 4.69) is 38.1 Å². The van der Waals surface area contributed by atoms with Crippen molar-refractivity contribution in [2.45, 2.75) is 0 Å². The molecule has 0 bridgehead atoms. The summed E-state index contributed by atoms with van der Waals surface area (Å²) in [6.45, 7) is 0. The molecule has 0 spiro atoms. The van der Waals surface area contributed by atoms with E-state index in [1.165, 1.54) is 0 Å². The zero-order valence-corrected chi connectivity index (χ0v) is 10.9. The lowest BCUT2D eigenvalue weighted by Crippen LogP contribution is -1.93. The Kier molecular flexibility index (Phi) is 1.90. The van der Waals surface area contributed by atoms with Crippen molar-refractivity contribution in [1.29, 1.82) is 0 Å². The molecule has 0 aliphatic carbocycles. The van der Waals surface area contributed by atoms with Crippen LogP contribution in [0.25, 0.3) is 38.4 Å². The Hall–Kier alpha value is -3.08. The van der Waals surface area contributed by atoms with Crippen LogP contribution in [-0.4, -0.2) is 24.3 Å². The predicted molar refractivity (Wildman–Crippen MR) is 81.1 cm³/mol. The van der Waals surface area contributed by atoms with E-state index in [1.54, 1.807) is 24.9 Å². The van der Waals surface area contributed by atoms with Gasteiger partial charge in [-0.05, 0) is 29.7 Å². The Bertz CT molecular complexity index is 1140. The van der Waals surface area contributed by atoms with Gasteiger partial charge in [-0.15, -0.1) is 0 Å². The number of rotatable bonds is 0. The molecule has 0 N–H and O–H groups in total. The average Bonchev–Trinajstić information content (AvgIpc) is 3.03. The summed E-state index contributed by atoms with van der Waals surface area (Å²) in [4.78, 5) is 17.6.